The molecule has 0 unspecified atom stereocenters. The highest BCUT2D eigenvalue weighted by molar-refractivity contribution is 8.03. The minimum atomic E-state index is -0.276. The average molecular weight is 295 g/mol. The van der Waals surface area contributed by atoms with E-state index in [0.29, 0.717) is 16.3 Å². The summed E-state index contributed by atoms with van der Waals surface area (Å²) < 4.78 is 0. The van der Waals surface area contributed by atoms with Crippen LogP contribution in [-0.4, -0.2) is 11.8 Å². The first-order valence-electron chi connectivity index (χ1n) is 6.57. The van der Waals surface area contributed by atoms with Crippen molar-refractivity contribution < 1.29 is 9.59 Å². The summed E-state index contributed by atoms with van der Waals surface area (Å²) >= 11 is 1.40. The van der Waals surface area contributed by atoms with E-state index in [1.165, 1.54) is 22.7 Å². The second-order valence-corrected chi connectivity index (χ2v) is 5.61. The molecular formula is C17H13NO2S. The van der Waals surface area contributed by atoms with E-state index in [2.05, 4.69) is 0 Å². The first kappa shape index (κ1) is 13.6. The summed E-state index contributed by atoms with van der Waals surface area (Å²) in [4.78, 5) is 26.1. The van der Waals surface area contributed by atoms with E-state index in [9.17, 15) is 9.59 Å². The second kappa shape index (κ2) is 5.97. The predicted octanol–water partition coefficient (Wildman–Crippen LogP) is 3.38. The summed E-state index contributed by atoms with van der Waals surface area (Å²) in [6.07, 6.45) is 1.42. The molecule has 2 aromatic rings. The number of nitrogens with zero attached hydrogens (tertiary/aromatic N) is 1. The molecule has 0 aromatic heterocycles. The third kappa shape index (κ3) is 2.90. The van der Waals surface area contributed by atoms with Crippen molar-refractivity contribution in [1.29, 1.82) is 0 Å². The van der Waals surface area contributed by atoms with E-state index in [4.69, 9.17) is 0 Å². The van der Waals surface area contributed by atoms with Gasteiger partial charge in [-0.1, -0.05) is 48.5 Å². The van der Waals surface area contributed by atoms with Crippen LogP contribution in [0.2, 0.25) is 0 Å². The van der Waals surface area contributed by atoms with Crippen molar-refractivity contribution in [2.24, 2.45) is 0 Å². The van der Waals surface area contributed by atoms with Gasteiger partial charge in [-0.2, -0.15) is 0 Å². The molecule has 0 saturated carbocycles. The van der Waals surface area contributed by atoms with Crippen molar-refractivity contribution in [1.82, 2.24) is 0 Å². The van der Waals surface area contributed by atoms with Crippen LogP contribution < -0.4 is 4.90 Å². The van der Waals surface area contributed by atoms with Crippen molar-refractivity contribution in [2.45, 2.75) is 5.75 Å². The minimum Gasteiger partial charge on any atom is -0.269 e. The molecule has 1 heterocycles. The van der Waals surface area contributed by atoms with Gasteiger partial charge < -0.3 is 0 Å². The van der Waals surface area contributed by atoms with Gasteiger partial charge in [0.2, 0.25) is 0 Å². The van der Waals surface area contributed by atoms with Crippen LogP contribution in [0.25, 0.3) is 0 Å². The Morgan fingerprint density at radius 2 is 1.48 bits per heavy atom. The Bertz CT molecular complexity index is 695. The molecule has 3 nitrogen and oxygen atoms in total. The molecule has 0 radical (unpaired) electrons. The van der Waals surface area contributed by atoms with Crippen LogP contribution in [0.4, 0.5) is 5.69 Å². The fraction of sp³-hybridized carbons (Fsp3) is 0.0588. The monoisotopic (exact) mass is 295 g/mol. The largest absolute Gasteiger partial charge is 0.271 e. The maximum atomic E-state index is 12.4. The molecule has 0 atom stereocenters. The Labute approximate surface area is 127 Å². The highest BCUT2D eigenvalue weighted by atomic mass is 32.2. The molecule has 0 aliphatic carbocycles. The standard InChI is InChI=1S/C17H13NO2S/c19-16-11-15(21-12-13-7-3-1-4-8-13)17(20)18(16)14-9-5-2-6-10-14/h1-11H,12H2. The molecule has 21 heavy (non-hydrogen) atoms. The summed E-state index contributed by atoms with van der Waals surface area (Å²) in [5.74, 6) is 0.155. The van der Waals surface area contributed by atoms with Gasteiger partial charge >= 0.3 is 0 Å². The summed E-state index contributed by atoms with van der Waals surface area (Å²) in [5, 5.41) is 0. The molecule has 0 saturated heterocycles. The smallest absolute Gasteiger partial charge is 0.269 e. The molecule has 104 valence electrons. The summed E-state index contributed by atoms with van der Waals surface area (Å²) in [6, 6.07) is 18.9. The average Bonchev–Trinajstić information content (AvgIpc) is 2.81. The van der Waals surface area contributed by atoms with Crippen LogP contribution >= 0.6 is 11.8 Å². The van der Waals surface area contributed by atoms with E-state index in [-0.39, 0.29) is 11.8 Å². The van der Waals surface area contributed by atoms with Crippen LogP contribution in [0, 0.1) is 0 Å². The molecule has 0 fully saturated rings. The zero-order chi connectivity index (χ0) is 14.7. The zero-order valence-electron chi connectivity index (χ0n) is 11.2. The van der Waals surface area contributed by atoms with Crippen LogP contribution in [0.3, 0.4) is 0 Å². The van der Waals surface area contributed by atoms with E-state index >= 15 is 0 Å². The number of hydrogen-bond acceptors (Lipinski definition) is 3. The minimum absolute atomic E-state index is 0.243. The van der Waals surface area contributed by atoms with Gasteiger partial charge in [-0.15, -0.1) is 11.8 Å². The number of rotatable bonds is 4. The van der Waals surface area contributed by atoms with E-state index in [0.717, 1.165) is 5.56 Å². The Morgan fingerprint density at radius 1 is 0.857 bits per heavy atom. The number of benzene rings is 2. The molecule has 3 rings (SSSR count). The summed E-state index contributed by atoms with van der Waals surface area (Å²) in [5.41, 5.74) is 1.74. The first-order valence-corrected chi connectivity index (χ1v) is 7.56. The number of para-hydroxylation sites is 1. The lowest BCUT2D eigenvalue weighted by Gasteiger charge is -2.14. The molecule has 0 N–H and O–H groups in total. The number of imide groups is 1. The Morgan fingerprint density at radius 3 is 2.14 bits per heavy atom. The molecule has 1 aliphatic rings. The van der Waals surface area contributed by atoms with Gasteiger partial charge in [-0.3, -0.25) is 9.59 Å². The van der Waals surface area contributed by atoms with Gasteiger partial charge in [0, 0.05) is 11.8 Å². The van der Waals surface area contributed by atoms with Gasteiger partial charge in [0.05, 0.1) is 10.6 Å². The Kier molecular flexibility index (Phi) is 3.88. The van der Waals surface area contributed by atoms with Crippen LogP contribution in [0.15, 0.2) is 71.6 Å². The van der Waals surface area contributed by atoms with Crippen molar-refractivity contribution in [3.63, 3.8) is 0 Å². The van der Waals surface area contributed by atoms with Crippen LogP contribution in [-0.2, 0) is 15.3 Å². The Balaban J connectivity index is 1.73. The molecule has 2 amide bonds. The number of thioether (sulfide) groups is 1. The predicted molar refractivity (Wildman–Crippen MR) is 84.8 cm³/mol. The number of hydrogen-bond donors (Lipinski definition) is 0. The molecule has 4 heteroatoms. The SMILES string of the molecule is O=C1C=C(SCc2ccccc2)C(=O)N1c1ccccc1. The summed E-state index contributed by atoms with van der Waals surface area (Å²) in [6.45, 7) is 0. The highest BCUT2D eigenvalue weighted by Crippen LogP contribution is 2.30. The number of carbonyl (C=O) groups is 2. The first-order chi connectivity index (χ1) is 10.3. The maximum absolute atomic E-state index is 12.4. The third-order valence-electron chi connectivity index (χ3n) is 3.14. The quantitative estimate of drug-likeness (QED) is 0.812. The molecule has 0 bridgehead atoms. The lowest BCUT2D eigenvalue weighted by molar-refractivity contribution is -0.120. The van der Waals surface area contributed by atoms with Gasteiger partial charge in [0.15, 0.2) is 0 Å². The lowest BCUT2D eigenvalue weighted by Crippen LogP contribution is -2.30. The fourth-order valence-corrected chi connectivity index (χ4v) is 3.02. The lowest BCUT2D eigenvalue weighted by atomic mass is 10.2. The zero-order valence-corrected chi connectivity index (χ0v) is 12.0. The van der Waals surface area contributed by atoms with Crippen molar-refractivity contribution in [3.8, 4) is 0 Å². The molecular weight excluding hydrogens is 282 g/mol. The number of carbonyl (C=O) groups excluding carboxylic acids is 2. The maximum Gasteiger partial charge on any atom is 0.271 e. The van der Waals surface area contributed by atoms with Crippen molar-refractivity contribution >= 4 is 29.3 Å². The van der Waals surface area contributed by atoms with Crippen LogP contribution in [0.5, 0.6) is 0 Å². The topological polar surface area (TPSA) is 37.4 Å². The van der Waals surface area contributed by atoms with Crippen molar-refractivity contribution in [3.05, 3.63) is 77.2 Å². The molecule has 1 aliphatic heterocycles. The normalized spacial score (nSPS) is 14.5. The van der Waals surface area contributed by atoms with Gasteiger partial charge in [0.1, 0.15) is 0 Å². The highest BCUT2D eigenvalue weighted by Gasteiger charge is 2.32. The molecule has 0 spiro atoms. The van der Waals surface area contributed by atoms with E-state index in [1.807, 2.05) is 48.5 Å². The Hall–Kier alpha value is -2.33. The van der Waals surface area contributed by atoms with Gasteiger partial charge in [0.25, 0.3) is 11.8 Å². The van der Waals surface area contributed by atoms with Gasteiger partial charge in [-0.25, -0.2) is 4.90 Å². The van der Waals surface area contributed by atoms with Crippen LogP contribution in [0.1, 0.15) is 5.56 Å². The van der Waals surface area contributed by atoms with E-state index < -0.39 is 0 Å². The van der Waals surface area contributed by atoms with Crippen molar-refractivity contribution in [2.75, 3.05) is 4.90 Å². The third-order valence-corrected chi connectivity index (χ3v) is 4.22. The fourth-order valence-electron chi connectivity index (χ4n) is 2.11. The van der Waals surface area contributed by atoms with E-state index in [1.54, 1.807) is 12.1 Å². The second-order valence-electron chi connectivity index (χ2n) is 4.60. The molecule has 2 aromatic carbocycles. The number of amides is 2. The van der Waals surface area contributed by atoms with Gasteiger partial charge in [-0.05, 0) is 17.7 Å². The number of anilines is 1. The summed E-state index contributed by atoms with van der Waals surface area (Å²) in [7, 11) is 0.